The smallest absolute Gasteiger partial charge is 0.454 e. The molecule has 196 valence electrons. The minimum absolute atomic E-state index is 0.0111. The van der Waals surface area contributed by atoms with Gasteiger partial charge in [0.2, 0.25) is 0 Å². The zero-order chi connectivity index (χ0) is 24.8. The van der Waals surface area contributed by atoms with Crippen LogP contribution in [0, 0.1) is 40.9 Å². The maximum Gasteiger partial charge on any atom is 0.465 e. The van der Waals surface area contributed by atoms with Crippen molar-refractivity contribution in [3.05, 3.63) is 0 Å². The van der Waals surface area contributed by atoms with Gasteiger partial charge in [-0.2, -0.15) is 17.2 Å². The second kappa shape index (κ2) is 7.84. The summed E-state index contributed by atoms with van der Waals surface area (Å²) in [7, 11) is -5.96. The van der Waals surface area contributed by atoms with Crippen LogP contribution in [-0.4, -0.2) is 48.7 Å². The van der Waals surface area contributed by atoms with Crippen molar-refractivity contribution >= 4 is 22.1 Å². The van der Waals surface area contributed by atoms with Gasteiger partial charge in [-0.15, -0.1) is 0 Å². The van der Waals surface area contributed by atoms with Crippen molar-refractivity contribution in [2.45, 2.75) is 87.6 Å². The van der Waals surface area contributed by atoms with Gasteiger partial charge in [-0.25, -0.2) is 4.79 Å². The number of ether oxygens (including phenoxy) is 3. The molecule has 8 bridgehead atoms. The van der Waals surface area contributed by atoms with E-state index in [0.717, 1.165) is 18.3 Å². The van der Waals surface area contributed by atoms with E-state index in [1.807, 2.05) is 0 Å². The zero-order valence-corrected chi connectivity index (χ0v) is 20.3. The van der Waals surface area contributed by atoms with E-state index >= 15 is 0 Å². The molecule has 0 aromatic carbocycles. The lowest BCUT2D eigenvalue weighted by Gasteiger charge is -2.59. The van der Waals surface area contributed by atoms with E-state index in [4.69, 9.17) is 18.8 Å². The highest BCUT2D eigenvalue weighted by Crippen LogP contribution is 2.63. The molecule has 8 rings (SSSR count). The second-order valence-electron chi connectivity index (χ2n) is 12.4. The molecule has 0 heterocycles. The fourth-order valence-electron chi connectivity index (χ4n) is 9.36. The molecule has 0 saturated heterocycles. The molecule has 1 N–H and O–H groups in total. The van der Waals surface area contributed by atoms with Gasteiger partial charge in [-0.05, 0) is 99.7 Å². The van der Waals surface area contributed by atoms with E-state index in [2.05, 4.69) is 0 Å². The number of hydrogen-bond donors (Lipinski definition) is 1. The summed E-state index contributed by atoms with van der Waals surface area (Å²) in [5.41, 5.74) is -2.33. The number of carbonyl (C=O) groups excluding carboxylic acids is 2. The predicted molar refractivity (Wildman–Crippen MR) is 115 cm³/mol. The van der Waals surface area contributed by atoms with Crippen molar-refractivity contribution in [1.82, 2.24) is 0 Å². The van der Waals surface area contributed by atoms with E-state index in [0.29, 0.717) is 24.7 Å². The van der Waals surface area contributed by atoms with Gasteiger partial charge in [0, 0.05) is 6.42 Å². The van der Waals surface area contributed by atoms with Crippen molar-refractivity contribution < 1.29 is 45.6 Å². The molecule has 0 aliphatic heterocycles. The average molecular weight is 519 g/mol. The van der Waals surface area contributed by atoms with Crippen LogP contribution in [0.1, 0.15) is 70.6 Å². The predicted octanol–water partition coefficient (Wildman–Crippen LogP) is 3.69. The lowest BCUT2D eigenvalue weighted by Crippen LogP contribution is -2.61. The van der Waals surface area contributed by atoms with Gasteiger partial charge in [0.25, 0.3) is 0 Å². The first-order valence-corrected chi connectivity index (χ1v) is 14.2. The SMILES string of the molecule is O=C(OCOC1C2CC3CC(C2)CC1C3)C12CC3CC(CC(OC(=O)C(F)(F)S(=O)(=O)O)(C3)C1)C2. The molecule has 0 radical (unpaired) electrons. The maximum absolute atomic E-state index is 13.9. The summed E-state index contributed by atoms with van der Waals surface area (Å²) in [5, 5.41) is -5.06. The fourth-order valence-corrected chi connectivity index (χ4v) is 9.62. The summed E-state index contributed by atoms with van der Waals surface area (Å²) in [6.07, 6.45) is 8.60. The Morgan fingerprint density at radius 2 is 1.43 bits per heavy atom. The van der Waals surface area contributed by atoms with Gasteiger partial charge in [0.15, 0.2) is 6.79 Å². The minimum Gasteiger partial charge on any atom is -0.454 e. The first-order chi connectivity index (χ1) is 16.4. The van der Waals surface area contributed by atoms with Crippen LogP contribution in [0.4, 0.5) is 8.78 Å². The lowest BCUT2D eigenvalue weighted by atomic mass is 9.48. The maximum atomic E-state index is 13.9. The summed E-state index contributed by atoms with van der Waals surface area (Å²) in [6.45, 7) is -0.142. The summed E-state index contributed by atoms with van der Waals surface area (Å²) < 4.78 is 75.5. The Morgan fingerprint density at radius 3 is 1.97 bits per heavy atom. The highest BCUT2D eigenvalue weighted by atomic mass is 32.2. The standard InChI is InChI=1S/C24H32F2O8S/c25-24(26,35(29,30)31)21(28)34-23-9-15-2-16(10-23)8-22(7-15,11-23)20(27)33-12-32-19-17-3-13-1-14(5-17)6-18(19)4-13/h13-19H,1-12H2,(H,29,30,31). The van der Waals surface area contributed by atoms with Crippen molar-refractivity contribution in [3.63, 3.8) is 0 Å². The van der Waals surface area contributed by atoms with Gasteiger partial charge < -0.3 is 14.2 Å². The Hall–Kier alpha value is -1.33. The Morgan fingerprint density at radius 1 is 0.886 bits per heavy atom. The Balaban J connectivity index is 1.12. The van der Waals surface area contributed by atoms with Gasteiger partial charge in [-0.3, -0.25) is 9.35 Å². The molecule has 8 aliphatic carbocycles. The first kappa shape index (κ1) is 24.0. The number of rotatable bonds is 7. The molecule has 8 aliphatic rings. The molecule has 2 unspecified atom stereocenters. The number of hydrogen-bond acceptors (Lipinski definition) is 7. The quantitative estimate of drug-likeness (QED) is 0.308. The van der Waals surface area contributed by atoms with Crippen LogP contribution < -0.4 is 0 Å². The number of carbonyl (C=O) groups is 2. The van der Waals surface area contributed by atoms with Gasteiger partial charge in [0.05, 0.1) is 11.5 Å². The minimum atomic E-state index is -5.96. The van der Waals surface area contributed by atoms with E-state index in [9.17, 15) is 26.8 Å². The highest BCUT2D eigenvalue weighted by Gasteiger charge is 2.65. The Bertz CT molecular complexity index is 985. The molecular formula is C24H32F2O8S. The molecule has 8 saturated carbocycles. The van der Waals surface area contributed by atoms with Crippen molar-refractivity contribution in [1.29, 1.82) is 0 Å². The molecule has 8 fully saturated rings. The number of halogens is 2. The van der Waals surface area contributed by atoms with Crippen LogP contribution >= 0.6 is 0 Å². The van der Waals surface area contributed by atoms with Crippen LogP contribution in [0.2, 0.25) is 0 Å². The summed E-state index contributed by atoms with van der Waals surface area (Å²) >= 11 is 0. The second-order valence-corrected chi connectivity index (χ2v) is 13.9. The number of alkyl halides is 2. The topological polar surface area (TPSA) is 116 Å². The average Bonchev–Trinajstić information content (AvgIpc) is 2.73. The third kappa shape index (κ3) is 3.91. The van der Waals surface area contributed by atoms with Crippen LogP contribution in [0.25, 0.3) is 0 Å². The molecule has 0 aromatic rings. The summed E-state index contributed by atoms with van der Waals surface area (Å²) in [5.74, 6) is -0.123. The van der Waals surface area contributed by atoms with Crippen LogP contribution in [0.15, 0.2) is 0 Å². The molecule has 0 aromatic heterocycles. The fraction of sp³-hybridized carbons (Fsp3) is 0.917. The van der Waals surface area contributed by atoms with Gasteiger partial charge >= 0.3 is 27.3 Å². The molecule has 8 nitrogen and oxygen atoms in total. The zero-order valence-electron chi connectivity index (χ0n) is 19.5. The van der Waals surface area contributed by atoms with E-state index in [1.165, 1.54) is 32.1 Å². The lowest BCUT2D eigenvalue weighted by molar-refractivity contribution is -0.229. The van der Waals surface area contributed by atoms with Crippen molar-refractivity contribution in [3.8, 4) is 0 Å². The first-order valence-electron chi connectivity index (χ1n) is 12.8. The molecule has 0 amide bonds. The number of esters is 2. The monoisotopic (exact) mass is 518 g/mol. The molecule has 2 atom stereocenters. The van der Waals surface area contributed by atoms with Crippen molar-refractivity contribution in [2.75, 3.05) is 6.79 Å². The Kier molecular flexibility index (Phi) is 5.38. The van der Waals surface area contributed by atoms with E-state index in [-0.39, 0.29) is 44.0 Å². The van der Waals surface area contributed by atoms with Crippen molar-refractivity contribution in [2.24, 2.45) is 40.9 Å². The third-order valence-electron chi connectivity index (χ3n) is 9.90. The summed E-state index contributed by atoms with van der Waals surface area (Å²) in [4.78, 5) is 25.4. The van der Waals surface area contributed by atoms with Gasteiger partial charge in [0.1, 0.15) is 5.60 Å². The third-order valence-corrected chi connectivity index (χ3v) is 10.7. The normalized spacial score (nSPS) is 45.5. The van der Waals surface area contributed by atoms with E-state index in [1.54, 1.807) is 0 Å². The largest absolute Gasteiger partial charge is 0.465 e. The molecular weight excluding hydrogens is 486 g/mol. The van der Waals surface area contributed by atoms with Gasteiger partial charge in [-0.1, -0.05) is 0 Å². The summed E-state index contributed by atoms with van der Waals surface area (Å²) in [6, 6.07) is 0. The molecule has 0 spiro atoms. The van der Waals surface area contributed by atoms with Crippen LogP contribution in [-0.2, 0) is 33.9 Å². The van der Waals surface area contributed by atoms with Crippen LogP contribution in [0.3, 0.4) is 0 Å². The van der Waals surface area contributed by atoms with E-state index < -0.39 is 38.3 Å². The Labute approximate surface area is 203 Å². The molecule has 11 heteroatoms. The molecule has 35 heavy (non-hydrogen) atoms. The highest BCUT2D eigenvalue weighted by molar-refractivity contribution is 7.87. The van der Waals surface area contributed by atoms with Crippen LogP contribution in [0.5, 0.6) is 0 Å².